The number of ether oxygens (including phenoxy) is 1. The molecule has 2 rings (SSSR count). The monoisotopic (exact) mass is 434 g/mol. The van der Waals surface area contributed by atoms with Crippen LogP contribution < -0.4 is 16.1 Å². The number of anilines is 1. The number of alkyl carbamates (subject to hydrolysis) is 1. The molecule has 1 aromatic rings. The van der Waals surface area contributed by atoms with Crippen molar-refractivity contribution in [3.8, 4) is 0 Å². The summed E-state index contributed by atoms with van der Waals surface area (Å²) in [6.45, 7) is 6.50. The normalized spacial score (nSPS) is 15.0. The third-order valence-corrected chi connectivity index (χ3v) is 4.67. The van der Waals surface area contributed by atoms with Gasteiger partial charge in [-0.1, -0.05) is 12.1 Å². The molecule has 1 saturated heterocycles. The zero-order valence-electron chi connectivity index (χ0n) is 18.1. The summed E-state index contributed by atoms with van der Waals surface area (Å²) in [5.41, 5.74) is 5.36. The minimum absolute atomic E-state index is 0.111. The lowest BCUT2D eigenvalue weighted by Gasteiger charge is -2.31. The highest BCUT2D eigenvalue weighted by Gasteiger charge is 2.29. The molecule has 1 atom stereocenters. The van der Waals surface area contributed by atoms with Gasteiger partial charge in [-0.25, -0.2) is 14.9 Å². The van der Waals surface area contributed by atoms with Crippen LogP contribution in [0.4, 0.5) is 10.5 Å². The summed E-state index contributed by atoms with van der Waals surface area (Å²) in [6, 6.07) is 5.24. The molecule has 0 saturated carbocycles. The zero-order valence-corrected chi connectivity index (χ0v) is 18.1. The molecule has 1 aromatic carbocycles. The molecule has 11 heteroatoms. The second-order valence-corrected chi connectivity index (χ2v) is 8.39. The summed E-state index contributed by atoms with van der Waals surface area (Å²) in [5, 5.41) is 20.8. The van der Waals surface area contributed by atoms with Crippen molar-refractivity contribution in [3.63, 3.8) is 0 Å². The van der Waals surface area contributed by atoms with Crippen LogP contribution >= 0.6 is 0 Å². The van der Waals surface area contributed by atoms with E-state index < -0.39 is 28.7 Å². The fraction of sp³-hybridized carbons (Fsp3) is 0.550. The SMILES string of the molecule is CC(C)(C)OC(=O)N[C@@H](Cc1ccc(N(C(=N)N)[N+](=O)[O-])cc1)C(=O)N1CCCCC1. The van der Waals surface area contributed by atoms with Gasteiger partial charge in [0.15, 0.2) is 5.03 Å². The van der Waals surface area contributed by atoms with Gasteiger partial charge < -0.3 is 20.7 Å². The largest absolute Gasteiger partial charge is 0.444 e. The van der Waals surface area contributed by atoms with E-state index in [9.17, 15) is 19.7 Å². The Hall–Kier alpha value is -3.37. The summed E-state index contributed by atoms with van der Waals surface area (Å²) in [7, 11) is 0. The standard InChI is InChI=1S/C20H30N6O5/c1-20(2,3)31-19(28)23-16(17(27)24-11-5-4-6-12-24)13-14-7-9-15(10-8-14)25(18(21)22)26(29)30/h7-10,16H,4-6,11-13H2,1-3H3,(H3,21,22)(H,23,28)/t16-/m0/s1. The zero-order chi connectivity index (χ0) is 23.2. The highest BCUT2D eigenvalue weighted by atomic mass is 16.7. The molecule has 4 N–H and O–H groups in total. The van der Waals surface area contributed by atoms with E-state index in [-0.39, 0.29) is 18.0 Å². The molecule has 0 aliphatic carbocycles. The van der Waals surface area contributed by atoms with Gasteiger partial charge in [-0.2, -0.15) is 0 Å². The van der Waals surface area contributed by atoms with E-state index in [2.05, 4.69) is 5.32 Å². The van der Waals surface area contributed by atoms with Gasteiger partial charge in [-0.3, -0.25) is 10.2 Å². The highest BCUT2D eigenvalue weighted by Crippen LogP contribution is 2.18. The number of nitrogens with one attached hydrogen (secondary N) is 2. The Kier molecular flexibility index (Phi) is 7.78. The van der Waals surface area contributed by atoms with Crippen molar-refractivity contribution in [3.05, 3.63) is 39.9 Å². The Bertz CT molecular complexity index is 800. The van der Waals surface area contributed by atoms with E-state index >= 15 is 0 Å². The molecule has 0 radical (unpaired) electrons. The summed E-state index contributed by atoms with van der Waals surface area (Å²) in [4.78, 5) is 38.2. The number of guanidine groups is 1. The van der Waals surface area contributed by atoms with E-state index in [4.69, 9.17) is 15.9 Å². The van der Waals surface area contributed by atoms with E-state index in [1.54, 1.807) is 37.8 Å². The minimum atomic E-state index is -0.835. The van der Waals surface area contributed by atoms with Gasteiger partial charge in [0.1, 0.15) is 17.3 Å². The molecule has 0 spiro atoms. The molecule has 0 unspecified atom stereocenters. The predicted molar refractivity (Wildman–Crippen MR) is 115 cm³/mol. The number of nitro groups is 1. The molecule has 1 fully saturated rings. The Balaban J connectivity index is 2.19. The lowest BCUT2D eigenvalue weighted by Crippen LogP contribution is -2.51. The van der Waals surface area contributed by atoms with Crippen molar-refractivity contribution < 1.29 is 19.4 Å². The van der Waals surface area contributed by atoms with E-state index in [1.807, 2.05) is 0 Å². The summed E-state index contributed by atoms with van der Waals surface area (Å²) in [5.74, 6) is -0.909. The fourth-order valence-electron chi connectivity index (χ4n) is 3.31. The maximum absolute atomic E-state index is 13.1. The maximum atomic E-state index is 13.1. The number of nitrogens with two attached hydrogens (primary N) is 1. The number of hydrogen-bond donors (Lipinski definition) is 3. The van der Waals surface area contributed by atoms with Crippen molar-refractivity contribution in [2.45, 2.75) is 58.1 Å². The van der Waals surface area contributed by atoms with Crippen LogP contribution in [0.2, 0.25) is 0 Å². The Morgan fingerprint density at radius 2 is 1.84 bits per heavy atom. The molecule has 11 nitrogen and oxygen atoms in total. The fourth-order valence-corrected chi connectivity index (χ4v) is 3.31. The van der Waals surface area contributed by atoms with Crippen LogP contribution in [0.25, 0.3) is 0 Å². The van der Waals surface area contributed by atoms with Gasteiger partial charge >= 0.3 is 6.09 Å². The number of carbonyl (C=O) groups excluding carboxylic acids is 2. The Morgan fingerprint density at radius 3 is 2.32 bits per heavy atom. The van der Waals surface area contributed by atoms with Gasteiger partial charge in [0.05, 0.1) is 0 Å². The van der Waals surface area contributed by atoms with Gasteiger partial charge in [0.25, 0.3) is 5.96 Å². The van der Waals surface area contributed by atoms with Gasteiger partial charge in [0, 0.05) is 19.5 Å². The number of hydrogen-bond acceptors (Lipinski definition) is 6. The molecule has 2 amide bonds. The molecule has 0 aromatic heterocycles. The number of carbonyl (C=O) groups is 2. The second kappa shape index (κ2) is 10.1. The lowest BCUT2D eigenvalue weighted by molar-refractivity contribution is -0.479. The lowest BCUT2D eigenvalue weighted by atomic mass is 10.0. The summed E-state index contributed by atoms with van der Waals surface area (Å²) in [6.07, 6.45) is 2.41. The first-order valence-electron chi connectivity index (χ1n) is 10.1. The van der Waals surface area contributed by atoms with Gasteiger partial charge in [0.2, 0.25) is 5.91 Å². The number of amides is 2. The summed E-state index contributed by atoms with van der Waals surface area (Å²) >= 11 is 0. The predicted octanol–water partition coefficient (Wildman–Crippen LogP) is 2.03. The third-order valence-electron chi connectivity index (χ3n) is 4.67. The van der Waals surface area contributed by atoms with Crippen molar-refractivity contribution >= 4 is 23.6 Å². The number of nitrogens with zero attached hydrogens (tertiary/aromatic N) is 3. The van der Waals surface area contributed by atoms with Crippen molar-refractivity contribution in [1.82, 2.24) is 10.2 Å². The topological polar surface area (TPSA) is 155 Å². The quantitative estimate of drug-likeness (QED) is 0.268. The first kappa shape index (κ1) is 23.9. The number of hydrazine groups is 1. The van der Waals surface area contributed by atoms with Crippen LogP contribution in [0.5, 0.6) is 0 Å². The van der Waals surface area contributed by atoms with E-state index in [0.29, 0.717) is 23.7 Å². The third kappa shape index (κ3) is 7.12. The van der Waals surface area contributed by atoms with Crippen LogP contribution in [-0.4, -0.2) is 52.6 Å². The van der Waals surface area contributed by atoms with Crippen LogP contribution in [0, 0.1) is 15.5 Å². The Morgan fingerprint density at radius 1 is 1.26 bits per heavy atom. The minimum Gasteiger partial charge on any atom is -0.444 e. The maximum Gasteiger partial charge on any atom is 0.408 e. The summed E-state index contributed by atoms with van der Waals surface area (Å²) < 4.78 is 5.31. The van der Waals surface area contributed by atoms with Crippen LogP contribution in [0.1, 0.15) is 45.6 Å². The molecule has 1 heterocycles. The van der Waals surface area contributed by atoms with E-state index in [0.717, 1.165) is 19.3 Å². The van der Waals surface area contributed by atoms with Crippen molar-refractivity contribution in [2.75, 3.05) is 18.1 Å². The Labute approximate surface area is 181 Å². The molecule has 0 bridgehead atoms. The van der Waals surface area contributed by atoms with E-state index in [1.165, 1.54) is 12.1 Å². The van der Waals surface area contributed by atoms with Crippen LogP contribution in [-0.2, 0) is 16.0 Å². The second-order valence-electron chi connectivity index (χ2n) is 8.39. The van der Waals surface area contributed by atoms with Gasteiger partial charge in [-0.15, -0.1) is 0 Å². The molecule has 1 aliphatic rings. The number of likely N-dealkylation sites (tertiary alicyclic amines) is 1. The number of benzene rings is 1. The highest BCUT2D eigenvalue weighted by molar-refractivity contribution is 5.90. The van der Waals surface area contributed by atoms with Crippen molar-refractivity contribution in [1.29, 1.82) is 5.41 Å². The average Bonchev–Trinajstić information content (AvgIpc) is 2.67. The first-order valence-corrected chi connectivity index (χ1v) is 10.1. The molecular formula is C20H30N6O5. The van der Waals surface area contributed by atoms with Crippen LogP contribution in [0.15, 0.2) is 24.3 Å². The molecule has 31 heavy (non-hydrogen) atoms. The molecule has 170 valence electrons. The molecular weight excluding hydrogens is 404 g/mol. The van der Waals surface area contributed by atoms with Gasteiger partial charge in [-0.05, 0) is 62.7 Å². The van der Waals surface area contributed by atoms with Crippen molar-refractivity contribution in [2.24, 2.45) is 5.73 Å². The smallest absolute Gasteiger partial charge is 0.408 e. The number of rotatable bonds is 6. The average molecular weight is 434 g/mol. The van der Waals surface area contributed by atoms with Crippen LogP contribution in [0.3, 0.4) is 0 Å². The number of piperidine rings is 1. The first-order chi connectivity index (χ1) is 14.5. The molecule has 1 aliphatic heterocycles.